The molecule has 0 aliphatic heterocycles. The highest BCUT2D eigenvalue weighted by atomic mass is 35.7. The molecule has 1 aromatic heterocycles. The number of sulfone groups is 1. The zero-order valence-electron chi connectivity index (χ0n) is 9.64. The van der Waals surface area contributed by atoms with Crippen molar-refractivity contribution in [1.82, 2.24) is 9.78 Å². The summed E-state index contributed by atoms with van der Waals surface area (Å²) in [5.41, 5.74) is 0.618. The van der Waals surface area contributed by atoms with E-state index in [4.69, 9.17) is 10.7 Å². The number of aromatic nitrogens is 2. The summed E-state index contributed by atoms with van der Waals surface area (Å²) in [5.74, 6) is -0.100. The predicted molar refractivity (Wildman–Crippen MR) is 64.5 cm³/mol. The van der Waals surface area contributed by atoms with Crippen LogP contribution in [0.2, 0.25) is 0 Å². The van der Waals surface area contributed by atoms with E-state index in [2.05, 4.69) is 5.10 Å². The lowest BCUT2D eigenvalue weighted by Gasteiger charge is -2.03. The van der Waals surface area contributed by atoms with Gasteiger partial charge in [-0.05, 0) is 13.8 Å². The second-order valence-electron chi connectivity index (χ2n) is 3.79. The van der Waals surface area contributed by atoms with Crippen LogP contribution in [0.15, 0.2) is 4.90 Å². The minimum Gasteiger partial charge on any atom is -0.267 e. The highest BCUT2D eigenvalue weighted by Crippen LogP contribution is 2.22. The van der Waals surface area contributed by atoms with Crippen LogP contribution in [-0.2, 0) is 25.4 Å². The fourth-order valence-electron chi connectivity index (χ4n) is 1.50. The van der Waals surface area contributed by atoms with E-state index in [9.17, 15) is 16.8 Å². The van der Waals surface area contributed by atoms with E-state index < -0.39 is 18.9 Å². The van der Waals surface area contributed by atoms with Crippen molar-refractivity contribution in [1.29, 1.82) is 0 Å². The second kappa shape index (κ2) is 4.58. The van der Waals surface area contributed by atoms with Gasteiger partial charge in [-0.3, -0.25) is 4.68 Å². The topological polar surface area (TPSA) is 86.1 Å². The van der Waals surface area contributed by atoms with Crippen LogP contribution in [0, 0.1) is 13.8 Å². The molecule has 0 saturated carbocycles. The Morgan fingerprint density at radius 3 is 2.12 bits per heavy atom. The van der Waals surface area contributed by atoms with Gasteiger partial charge < -0.3 is 0 Å². The summed E-state index contributed by atoms with van der Waals surface area (Å²) >= 11 is 0. The molecule has 1 rings (SSSR count). The van der Waals surface area contributed by atoms with Gasteiger partial charge in [-0.2, -0.15) is 5.10 Å². The standard InChI is InChI=1S/C8H13ClN2O4S2/c1-6-8(17(9,14)15)7(2)11(10-6)4-5-16(3,12)13/h4-5H2,1-3H3. The van der Waals surface area contributed by atoms with Gasteiger partial charge in [0, 0.05) is 16.9 Å². The van der Waals surface area contributed by atoms with E-state index in [1.54, 1.807) is 0 Å². The molecule has 0 fully saturated rings. The van der Waals surface area contributed by atoms with Crippen molar-refractivity contribution in [2.75, 3.05) is 12.0 Å². The van der Waals surface area contributed by atoms with Crippen molar-refractivity contribution in [3.05, 3.63) is 11.4 Å². The molecule has 0 radical (unpaired) electrons. The quantitative estimate of drug-likeness (QED) is 0.755. The Bertz CT molecular complexity index is 631. The average Bonchev–Trinajstić information content (AvgIpc) is 2.35. The smallest absolute Gasteiger partial charge is 0.264 e. The van der Waals surface area contributed by atoms with Crippen molar-refractivity contribution < 1.29 is 16.8 Å². The number of hydrogen-bond donors (Lipinski definition) is 0. The first kappa shape index (κ1) is 14.5. The van der Waals surface area contributed by atoms with Crippen LogP contribution >= 0.6 is 10.7 Å². The third kappa shape index (κ3) is 3.68. The van der Waals surface area contributed by atoms with E-state index >= 15 is 0 Å². The van der Waals surface area contributed by atoms with E-state index in [1.165, 1.54) is 18.5 Å². The molecule has 9 heteroatoms. The van der Waals surface area contributed by atoms with Gasteiger partial charge in [0.25, 0.3) is 9.05 Å². The Morgan fingerprint density at radius 2 is 1.76 bits per heavy atom. The van der Waals surface area contributed by atoms with Gasteiger partial charge in [-0.1, -0.05) is 0 Å². The molecule has 0 aliphatic carbocycles. The first-order valence-corrected chi connectivity index (χ1v) is 9.06. The van der Waals surface area contributed by atoms with Crippen molar-refractivity contribution >= 4 is 29.6 Å². The van der Waals surface area contributed by atoms with E-state index in [-0.39, 0.29) is 22.9 Å². The van der Waals surface area contributed by atoms with Gasteiger partial charge in [-0.25, -0.2) is 16.8 Å². The van der Waals surface area contributed by atoms with Crippen LogP contribution in [0.5, 0.6) is 0 Å². The summed E-state index contributed by atoms with van der Waals surface area (Å²) in [6.45, 7) is 3.16. The van der Waals surface area contributed by atoms with Crippen LogP contribution < -0.4 is 0 Å². The summed E-state index contributed by atoms with van der Waals surface area (Å²) < 4.78 is 45.9. The predicted octanol–water partition coefficient (Wildman–Crippen LogP) is 0.472. The van der Waals surface area contributed by atoms with Gasteiger partial charge in [0.15, 0.2) is 0 Å². The molecule has 1 aromatic rings. The van der Waals surface area contributed by atoms with Gasteiger partial charge in [0.2, 0.25) is 0 Å². The number of halogens is 1. The number of hydrogen-bond acceptors (Lipinski definition) is 5. The third-order valence-electron chi connectivity index (χ3n) is 2.23. The number of rotatable bonds is 4. The van der Waals surface area contributed by atoms with Gasteiger partial charge >= 0.3 is 0 Å². The SMILES string of the molecule is Cc1nn(CCS(C)(=O)=O)c(C)c1S(=O)(=O)Cl. The molecular weight excluding hydrogens is 288 g/mol. The van der Waals surface area contributed by atoms with E-state index in [0.29, 0.717) is 5.69 Å². The van der Waals surface area contributed by atoms with Crippen molar-refractivity contribution in [3.8, 4) is 0 Å². The first-order valence-electron chi connectivity index (χ1n) is 4.69. The summed E-state index contributed by atoms with van der Waals surface area (Å²) in [4.78, 5) is -0.0485. The lowest BCUT2D eigenvalue weighted by atomic mass is 10.4. The Kier molecular flexibility index (Phi) is 3.90. The highest BCUT2D eigenvalue weighted by Gasteiger charge is 2.22. The van der Waals surface area contributed by atoms with Gasteiger partial charge in [0.05, 0.1) is 23.7 Å². The van der Waals surface area contributed by atoms with Gasteiger partial charge in [-0.15, -0.1) is 0 Å². The van der Waals surface area contributed by atoms with Crippen LogP contribution in [0.25, 0.3) is 0 Å². The Labute approximate surface area is 105 Å². The van der Waals surface area contributed by atoms with E-state index in [0.717, 1.165) is 6.26 Å². The Balaban J connectivity index is 3.15. The maximum Gasteiger partial charge on any atom is 0.264 e. The molecule has 0 bridgehead atoms. The summed E-state index contributed by atoms with van der Waals surface area (Å²) in [5, 5.41) is 3.97. The summed E-state index contributed by atoms with van der Waals surface area (Å²) in [6.07, 6.45) is 1.11. The largest absolute Gasteiger partial charge is 0.267 e. The number of nitrogens with zero attached hydrogens (tertiary/aromatic N) is 2. The average molecular weight is 301 g/mol. The summed E-state index contributed by atoms with van der Waals surface area (Å²) in [7, 11) is -1.71. The fourth-order valence-corrected chi connectivity index (χ4v) is 3.53. The zero-order valence-corrected chi connectivity index (χ0v) is 12.0. The van der Waals surface area contributed by atoms with E-state index in [1.807, 2.05) is 0 Å². The second-order valence-corrected chi connectivity index (χ2v) is 8.55. The molecule has 0 amide bonds. The molecule has 0 unspecified atom stereocenters. The Hall–Kier alpha value is -0.600. The molecule has 1 heterocycles. The number of aryl methyl sites for hydroxylation is 2. The van der Waals surface area contributed by atoms with Crippen LogP contribution in [-0.4, -0.2) is 38.6 Å². The lowest BCUT2D eigenvalue weighted by molar-refractivity contribution is 0.580. The molecule has 6 nitrogen and oxygen atoms in total. The van der Waals surface area contributed by atoms with Crippen molar-refractivity contribution in [2.45, 2.75) is 25.3 Å². The molecular formula is C8H13ClN2O4S2. The van der Waals surface area contributed by atoms with Gasteiger partial charge in [0.1, 0.15) is 14.7 Å². The van der Waals surface area contributed by atoms with Crippen LogP contribution in [0.1, 0.15) is 11.4 Å². The van der Waals surface area contributed by atoms with Crippen LogP contribution in [0.4, 0.5) is 0 Å². The first-order chi connectivity index (χ1) is 7.52. The maximum atomic E-state index is 11.3. The third-order valence-corrected chi connectivity index (χ3v) is 4.70. The molecule has 0 aliphatic rings. The Morgan fingerprint density at radius 1 is 1.24 bits per heavy atom. The van der Waals surface area contributed by atoms with Crippen molar-refractivity contribution in [3.63, 3.8) is 0 Å². The molecule has 0 N–H and O–H groups in total. The fraction of sp³-hybridized carbons (Fsp3) is 0.625. The zero-order chi connectivity index (χ0) is 13.4. The minimum atomic E-state index is -3.86. The molecule has 98 valence electrons. The molecule has 0 aromatic carbocycles. The molecule has 0 saturated heterocycles. The summed E-state index contributed by atoms with van der Waals surface area (Å²) in [6, 6.07) is 0. The monoisotopic (exact) mass is 300 g/mol. The molecule has 17 heavy (non-hydrogen) atoms. The molecule has 0 spiro atoms. The normalized spacial score (nSPS) is 12.9. The maximum absolute atomic E-state index is 11.3. The lowest BCUT2D eigenvalue weighted by Crippen LogP contribution is -2.13. The van der Waals surface area contributed by atoms with Crippen molar-refractivity contribution in [2.24, 2.45) is 0 Å². The van der Waals surface area contributed by atoms with Crippen LogP contribution in [0.3, 0.4) is 0 Å². The highest BCUT2D eigenvalue weighted by molar-refractivity contribution is 8.13. The molecule has 0 atom stereocenters. The minimum absolute atomic E-state index is 0.0485.